The minimum absolute atomic E-state index is 0.0450. The number of ether oxygens (including phenoxy) is 1. The topological polar surface area (TPSA) is 105 Å². The maximum absolute atomic E-state index is 15.4. The molecule has 0 spiro atoms. The number of anilines is 1. The van der Waals surface area contributed by atoms with Gasteiger partial charge in [0.1, 0.15) is 29.7 Å². The van der Waals surface area contributed by atoms with Gasteiger partial charge in [0.25, 0.3) is 5.92 Å². The zero-order valence-corrected chi connectivity index (χ0v) is 31.8. The fraction of sp³-hybridized carbons (Fsp3) is 0.425. The van der Waals surface area contributed by atoms with E-state index in [-0.39, 0.29) is 52.5 Å². The van der Waals surface area contributed by atoms with Crippen LogP contribution in [0.15, 0.2) is 42.5 Å². The van der Waals surface area contributed by atoms with Crippen molar-refractivity contribution in [2.45, 2.75) is 74.9 Å². The van der Waals surface area contributed by atoms with E-state index in [2.05, 4.69) is 20.2 Å². The molecular weight excluding hydrogens is 811 g/mol. The number of rotatable bonds is 10. The summed E-state index contributed by atoms with van der Waals surface area (Å²) in [6, 6.07) is 7.76. The van der Waals surface area contributed by atoms with Crippen molar-refractivity contribution in [3.63, 3.8) is 0 Å². The van der Waals surface area contributed by atoms with Crippen molar-refractivity contribution in [1.82, 2.24) is 30.0 Å². The Labute approximate surface area is 334 Å². The Morgan fingerprint density at radius 2 is 1.75 bits per heavy atom. The van der Waals surface area contributed by atoms with Crippen molar-refractivity contribution < 1.29 is 49.4 Å². The summed E-state index contributed by atoms with van der Waals surface area (Å²) in [5.41, 5.74) is -2.39. The molecule has 1 N–H and O–H groups in total. The first-order chi connectivity index (χ1) is 28.0. The van der Waals surface area contributed by atoms with Gasteiger partial charge in [-0.25, -0.2) is 18.2 Å². The number of carbonyl (C=O) groups excluding carboxylic acids is 2. The van der Waals surface area contributed by atoms with Crippen LogP contribution >= 0.6 is 11.3 Å². The highest BCUT2D eigenvalue weighted by atomic mass is 32.1. The van der Waals surface area contributed by atoms with E-state index in [0.29, 0.717) is 45.9 Å². The van der Waals surface area contributed by atoms with Crippen LogP contribution in [0.2, 0.25) is 0 Å². The Hall–Kier alpha value is -5.01. The van der Waals surface area contributed by atoms with Crippen molar-refractivity contribution in [1.29, 1.82) is 0 Å². The summed E-state index contributed by atoms with van der Waals surface area (Å²) >= 11 is 1.36. The van der Waals surface area contributed by atoms with Crippen molar-refractivity contribution in [3.8, 4) is 11.1 Å². The number of pyridine rings is 1. The highest BCUT2D eigenvalue weighted by Gasteiger charge is 2.68. The molecule has 4 fully saturated rings. The van der Waals surface area contributed by atoms with Crippen molar-refractivity contribution >= 4 is 38.5 Å². The lowest BCUT2D eigenvalue weighted by Gasteiger charge is -2.42. The highest BCUT2D eigenvalue weighted by Crippen LogP contribution is 2.68. The number of Topliss-reactive ketones (excluding diaryl/α,β-unsaturated/α-hetero) is 1. The predicted molar refractivity (Wildman–Crippen MR) is 197 cm³/mol. The largest absolute Gasteiger partial charge is 0.435 e. The molecule has 3 aliphatic heterocycles. The molecule has 6 heterocycles. The first-order valence-electron chi connectivity index (χ1n) is 19.1. The van der Waals surface area contributed by atoms with Crippen LogP contribution in [0.25, 0.3) is 21.5 Å². The number of aromatic nitrogens is 4. The van der Waals surface area contributed by atoms with E-state index in [0.717, 1.165) is 37.7 Å². The molecule has 2 aliphatic carbocycles. The Balaban J connectivity index is 1.06. The Bertz CT molecular complexity index is 2550. The number of hydrogen-bond acceptors (Lipinski definition) is 9. The number of benzene rings is 2. The van der Waals surface area contributed by atoms with Gasteiger partial charge in [0, 0.05) is 48.3 Å². The SMILES string of the molecule is CC(=O)c1cc(-c2cc3sc(N4C[C@@H]5C[C@H]4CN5C4COC4)nc3nc2[C@H](Cc2cc(F)cc(F)c2)NC(=O)Cn2nc(C(F)(F)F)c3c2C(F)(F)[C@@H]2C[C@H]32)ccc1F. The number of carbonyl (C=O) groups is 2. The van der Waals surface area contributed by atoms with E-state index >= 15 is 8.78 Å². The highest BCUT2D eigenvalue weighted by molar-refractivity contribution is 7.22. The molecule has 1 amide bonds. The monoisotopic (exact) mass is 843 g/mol. The molecule has 10 nitrogen and oxygen atoms in total. The van der Waals surface area contributed by atoms with Crippen LogP contribution in [0.5, 0.6) is 0 Å². The molecule has 59 heavy (non-hydrogen) atoms. The third-order valence-electron chi connectivity index (χ3n) is 12.2. The summed E-state index contributed by atoms with van der Waals surface area (Å²) < 4.78 is 123. The van der Waals surface area contributed by atoms with Crippen LogP contribution in [0.1, 0.15) is 70.3 Å². The maximum atomic E-state index is 15.4. The Kier molecular flexibility index (Phi) is 8.74. The average Bonchev–Trinajstić information content (AvgIpc) is 3.47. The second kappa shape index (κ2) is 13.5. The summed E-state index contributed by atoms with van der Waals surface area (Å²) in [6.07, 6.45) is -4.59. The van der Waals surface area contributed by atoms with Gasteiger partial charge < -0.3 is 15.0 Å². The fourth-order valence-corrected chi connectivity index (χ4v) is 10.4. The van der Waals surface area contributed by atoms with Crippen LogP contribution in [-0.4, -0.2) is 80.8 Å². The molecular formula is C40H33F8N7O3S. The van der Waals surface area contributed by atoms with Crippen LogP contribution in [0.3, 0.4) is 0 Å². The second-order valence-electron chi connectivity index (χ2n) is 16.0. The van der Waals surface area contributed by atoms with E-state index in [1.807, 2.05) is 0 Å². The number of piperazine rings is 1. The molecule has 2 bridgehead atoms. The lowest BCUT2D eigenvalue weighted by Crippen LogP contribution is -2.56. The van der Waals surface area contributed by atoms with Gasteiger partial charge in [0.05, 0.1) is 41.3 Å². The van der Waals surface area contributed by atoms with Gasteiger partial charge in [0.15, 0.2) is 22.3 Å². The van der Waals surface area contributed by atoms with E-state index in [4.69, 9.17) is 14.7 Å². The van der Waals surface area contributed by atoms with Crippen molar-refractivity contribution in [3.05, 3.63) is 93.7 Å². The molecule has 1 saturated carbocycles. The normalized spacial score (nSPS) is 23.7. The minimum atomic E-state index is -5.06. The number of amides is 1. The second-order valence-corrected chi connectivity index (χ2v) is 17.0. The van der Waals surface area contributed by atoms with Gasteiger partial charge in [-0.2, -0.15) is 32.0 Å². The quantitative estimate of drug-likeness (QED) is 0.117. The number of hydrogen-bond donors (Lipinski definition) is 1. The Morgan fingerprint density at radius 1 is 0.983 bits per heavy atom. The molecule has 308 valence electrons. The molecule has 2 aromatic carbocycles. The van der Waals surface area contributed by atoms with Crippen LogP contribution in [0, 0.1) is 23.4 Å². The number of halogens is 8. The molecule has 3 aromatic heterocycles. The zero-order chi connectivity index (χ0) is 41.3. The van der Waals surface area contributed by atoms with E-state index in [1.165, 1.54) is 30.4 Å². The molecule has 0 radical (unpaired) electrons. The smallest absolute Gasteiger partial charge is 0.378 e. The summed E-state index contributed by atoms with van der Waals surface area (Å²) in [4.78, 5) is 40.8. The van der Waals surface area contributed by atoms with Gasteiger partial charge in [-0.1, -0.05) is 17.4 Å². The van der Waals surface area contributed by atoms with Gasteiger partial charge in [-0.05, 0) is 73.6 Å². The van der Waals surface area contributed by atoms with E-state index in [9.17, 15) is 35.9 Å². The summed E-state index contributed by atoms with van der Waals surface area (Å²) in [6.45, 7) is 3.08. The standard InChI is InChI=1S/C40H33F8N7O3S/c1-17(56)25-7-19(2-3-29(25)43)26-11-31-37(51-38(59-31)54-13-22-9-23(54)12-53(22)24-15-58-16-24)50-34(26)30(6-18-4-20(41)8-21(42)5-18)49-32(57)14-55-36-33(35(52-55)40(46,47)48)27-10-28(27)39(36,44)45/h2-5,7-8,11,22-24,27-28,30H,6,9-10,12-16H2,1H3,(H,49,57)/t22-,23-,27-,28+,30-/m0/s1. The number of alkyl halides is 5. The summed E-state index contributed by atoms with van der Waals surface area (Å²) in [5, 5.41) is 6.81. The third kappa shape index (κ3) is 6.46. The third-order valence-corrected chi connectivity index (χ3v) is 13.2. The van der Waals surface area contributed by atoms with Gasteiger partial charge >= 0.3 is 6.18 Å². The predicted octanol–water partition coefficient (Wildman–Crippen LogP) is 7.16. The number of thiazole rings is 1. The molecule has 5 atom stereocenters. The van der Waals surface area contributed by atoms with E-state index < -0.39 is 82.6 Å². The minimum Gasteiger partial charge on any atom is -0.378 e. The van der Waals surface area contributed by atoms with Crippen LogP contribution in [0.4, 0.5) is 40.3 Å². The number of nitrogens with one attached hydrogen (secondary N) is 1. The van der Waals surface area contributed by atoms with Crippen molar-refractivity contribution in [2.75, 3.05) is 31.2 Å². The zero-order valence-electron chi connectivity index (χ0n) is 31.0. The molecule has 0 unspecified atom stereocenters. The number of fused-ring (bicyclic) bond motifs is 6. The maximum Gasteiger partial charge on any atom is 0.435 e. The molecule has 10 rings (SSSR count). The lowest BCUT2D eigenvalue weighted by molar-refractivity contribution is -0.142. The average molecular weight is 844 g/mol. The Morgan fingerprint density at radius 3 is 2.41 bits per heavy atom. The molecule has 5 aromatic rings. The molecule has 3 saturated heterocycles. The summed E-state index contributed by atoms with van der Waals surface area (Å²) in [7, 11) is 0. The summed E-state index contributed by atoms with van der Waals surface area (Å²) in [5.74, 6) is -10.3. The first kappa shape index (κ1) is 38.2. The van der Waals surface area contributed by atoms with E-state index in [1.54, 1.807) is 6.07 Å². The van der Waals surface area contributed by atoms with Crippen molar-refractivity contribution in [2.24, 2.45) is 5.92 Å². The molecule has 5 aliphatic rings. The van der Waals surface area contributed by atoms with Gasteiger partial charge in [0.2, 0.25) is 5.91 Å². The lowest BCUT2D eigenvalue weighted by atomic mass is 9.94. The number of likely N-dealkylation sites (tertiary alicyclic amines) is 1. The van der Waals surface area contributed by atoms with Crippen LogP contribution < -0.4 is 10.2 Å². The van der Waals surface area contributed by atoms with Crippen LogP contribution in [-0.2, 0) is 34.6 Å². The number of nitrogens with zero attached hydrogens (tertiary/aromatic N) is 6. The van der Waals surface area contributed by atoms with Gasteiger partial charge in [-0.15, -0.1) is 0 Å². The number of ketones is 1. The molecule has 19 heteroatoms. The fourth-order valence-electron chi connectivity index (χ4n) is 9.39. The van der Waals surface area contributed by atoms with Gasteiger partial charge in [-0.3, -0.25) is 19.2 Å². The first-order valence-corrected chi connectivity index (χ1v) is 19.9.